The van der Waals surface area contributed by atoms with Gasteiger partial charge >= 0.3 is 0 Å². The van der Waals surface area contributed by atoms with Gasteiger partial charge in [0.05, 0.1) is 12.8 Å². The molecule has 0 aromatic heterocycles. The summed E-state index contributed by atoms with van der Waals surface area (Å²) in [5, 5.41) is 2.58. The summed E-state index contributed by atoms with van der Waals surface area (Å²) in [4.78, 5) is 12.1. The fourth-order valence-electron chi connectivity index (χ4n) is 2.56. The molecular formula is C19H22F2N2O3S. The van der Waals surface area contributed by atoms with E-state index in [-0.39, 0.29) is 31.9 Å². The lowest BCUT2D eigenvalue weighted by Crippen LogP contribution is -2.41. The molecule has 0 spiro atoms. The summed E-state index contributed by atoms with van der Waals surface area (Å²) in [6.07, 6.45) is 1.45. The third-order valence-corrected chi connectivity index (χ3v) is 5.30. The second-order valence-corrected chi connectivity index (χ2v) is 8.11. The topological polar surface area (TPSA) is 66.5 Å². The molecular weight excluding hydrogens is 374 g/mol. The van der Waals surface area contributed by atoms with Crippen molar-refractivity contribution in [1.82, 2.24) is 9.62 Å². The van der Waals surface area contributed by atoms with Crippen molar-refractivity contribution >= 4 is 15.9 Å². The Labute approximate surface area is 158 Å². The van der Waals surface area contributed by atoms with Crippen LogP contribution >= 0.6 is 0 Å². The largest absolute Gasteiger partial charge is 0.355 e. The second-order valence-electron chi connectivity index (χ2n) is 6.13. The Morgan fingerprint density at radius 3 is 2.00 bits per heavy atom. The Hall–Kier alpha value is -2.32. The Kier molecular flexibility index (Phi) is 7.44. The van der Waals surface area contributed by atoms with Gasteiger partial charge < -0.3 is 5.32 Å². The monoisotopic (exact) mass is 396 g/mol. The van der Waals surface area contributed by atoms with E-state index in [0.717, 1.165) is 10.6 Å². The van der Waals surface area contributed by atoms with Crippen molar-refractivity contribution < 1.29 is 22.0 Å². The zero-order valence-electron chi connectivity index (χ0n) is 15.0. The predicted octanol–water partition coefficient (Wildman–Crippen LogP) is 2.13. The molecule has 2 rings (SSSR count). The summed E-state index contributed by atoms with van der Waals surface area (Å²) in [5.74, 6) is -1.26. The van der Waals surface area contributed by atoms with E-state index in [4.69, 9.17) is 0 Å². The van der Waals surface area contributed by atoms with Gasteiger partial charge in [0, 0.05) is 13.1 Å². The lowest BCUT2D eigenvalue weighted by Gasteiger charge is -2.19. The molecule has 0 radical (unpaired) electrons. The number of benzene rings is 2. The SMILES string of the molecule is CS(=O)(=O)N(CCc1ccccc1F)CC(=O)NCCc1ccccc1F. The summed E-state index contributed by atoms with van der Waals surface area (Å²) in [7, 11) is -3.64. The van der Waals surface area contributed by atoms with Crippen molar-refractivity contribution in [3.63, 3.8) is 0 Å². The highest BCUT2D eigenvalue weighted by molar-refractivity contribution is 7.88. The van der Waals surface area contributed by atoms with Crippen LogP contribution in [0.15, 0.2) is 48.5 Å². The van der Waals surface area contributed by atoms with E-state index in [0.29, 0.717) is 17.5 Å². The van der Waals surface area contributed by atoms with Gasteiger partial charge in [-0.15, -0.1) is 0 Å². The first kappa shape index (κ1) is 21.0. The van der Waals surface area contributed by atoms with E-state index in [2.05, 4.69) is 5.32 Å². The molecule has 0 unspecified atom stereocenters. The fourth-order valence-corrected chi connectivity index (χ4v) is 3.34. The fraction of sp³-hybridized carbons (Fsp3) is 0.316. The lowest BCUT2D eigenvalue weighted by molar-refractivity contribution is -0.121. The first-order valence-electron chi connectivity index (χ1n) is 8.46. The van der Waals surface area contributed by atoms with Crippen LogP contribution in [0.2, 0.25) is 0 Å². The van der Waals surface area contributed by atoms with Crippen LogP contribution in [0.5, 0.6) is 0 Å². The van der Waals surface area contributed by atoms with Gasteiger partial charge in [-0.25, -0.2) is 17.2 Å². The molecule has 1 N–H and O–H groups in total. The van der Waals surface area contributed by atoms with E-state index < -0.39 is 21.7 Å². The second kappa shape index (κ2) is 9.57. The first-order chi connectivity index (χ1) is 12.8. The third-order valence-electron chi connectivity index (χ3n) is 4.05. The highest BCUT2D eigenvalue weighted by atomic mass is 32.2. The van der Waals surface area contributed by atoms with Gasteiger partial charge in [-0.1, -0.05) is 36.4 Å². The number of rotatable bonds is 9. The Morgan fingerprint density at radius 1 is 0.963 bits per heavy atom. The maximum absolute atomic E-state index is 13.7. The van der Waals surface area contributed by atoms with Crippen molar-refractivity contribution in [2.45, 2.75) is 12.8 Å². The van der Waals surface area contributed by atoms with Crippen molar-refractivity contribution in [1.29, 1.82) is 0 Å². The summed E-state index contributed by atoms with van der Waals surface area (Å²) in [6.45, 7) is -0.199. The number of sulfonamides is 1. The van der Waals surface area contributed by atoms with Crippen LogP contribution in [0, 0.1) is 11.6 Å². The summed E-state index contributed by atoms with van der Waals surface area (Å²) >= 11 is 0. The average molecular weight is 396 g/mol. The van der Waals surface area contributed by atoms with Gasteiger partial charge in [0.2, 0.25) is 15.9 Å². The quantitative estimate of drug-likeness (QED) is 0.706. The van der Waals surface area contributed by atoms with Crippen molar-refractivity contribution in [3.8, 4) is 0 Å². The summed E-state index contributed by atoms with van der Waals surface area (Å²) in [5.41, 5.74) is 0.850. The van der Waals surface area contributed by atoms with E-state index in [1.165, 1.54) is 12.1 Å². The van der Waals surface area contributed by atoms with E-state index in [1.54, 1.807) is 36.4 Å². The molecule has 0 heterocycles. The molecule has 5 nitrogen and oxygen atoms in total. The molecule has 2 aromatic rings. The molecule has 27 heavy (non-hydrogen) atoms. The molecule has 0 fully saturated rings. The summed E-state index contributed by atoms with van der Waals surface area (Å²) < 4.78 is 52.1. The molecule has 0 aliphatic heterocycles. The molecule has 0 aliphatic rings. The number of carbonyl (C=O) groups is 1. The number of hydrogen-bond donors (Lipinski definition) is 1. The number of halogens is 2. The minimum atomic E-state index is -3.64. The van der Waals surface area contributed by atoms with Gasteiger partial charge in [0.25, 0.3) is 0 Å². The molecule has 0 saturated carbocycles. The van der Waals surface area contributed by atoms with Crippen LogP contribution < -0.4 is 5.32 Å². The molecule has 2 aromatic carbocycles. The van der Waals surface area contributed by atoms with Gasteiger partial charge in [0.15, 0.2) is 0 Å². The van der Waals surface area contributed by atoms with Crippen LogP contribution in [0.1, 0.15) is 11.1 Å². The molecule has 146 valence electrons. The van der Waals surface area contributed by atoms with Crippen molar-refractivity contribution in [2.75, 3.05) is 25.9 Å². The smallest absolute Gasteiger partial charge is 0.235 e. The van der Waals surface area contributed by atoms with E-state index in [1.807, 2.05) is 0 Å². The molecule has 8 heteroatoms. The van der Waals surface area contributed by atoms with Crippen LogP contribution in [0.3, 0.4) is 0 Å². The molecule has 0 atom stereocenters. The lowest BCUT2D eigenvalue weighted by atomic mass is 10.1. The summed E-state index contributed by atoms with van der Waals surface area (Å²) in [6, 6.07) is 12.3. The van der Waals surface area contributed by atoms with Gasteiger partial charge in [-0.05, 0) is 36.1 Å². The Morgan fingerprint density at radius 2 is 1.48 bits per heavy atom. The number of amides is 1. The molecule has 0 aliphatic carbocycles. The zero-order chi connectivity index (χ0) is 19.9. The Balaban J connectivity index is 1.88. The van der Waals surface area contributed by atoms with Crippen LogP contribution in [-0.2, 0) is 27.7 Å². The van der Waals surface area contributed by atoms with Crippen LogP contribution in [0.4, 0.5) is 8.78 Å². The predicted molar refractivity (Wildman–Crippen MR) is 99.6 cm³/mol. The standard InChI is InChI=1S/C19H22F2N2O3S/c1-27(25,26)23(13-11-16-7-3-5-9-18(16)21)14-19(24)22-12-10-15-6-2-4-8-17(15)20/h2-9H,10-14H2,1H3,(H,22,24). The third kappa shape index (κ3) is 6.73. The average Bonchev–Trinajstić information content (AvgIpc) is 2.60. The van der Waals surface area contributed by atoms with Crippen molar-refractivity contribution in [3.05, 3.63) is 71.3 Å². The number of nitrogens with one attached hydrogen (secondary N) is 1. The normalized spacial score (nSPS) is 11.6. The minimum Gasteiger partial charge on any atom is -0.355 e. The minimum absolute atomic E-state index is 0.0134. The van der Waals surface area contributed by atoms with E-state index >= 15 is 0 Å². The van der Waals surface area contributed by atoms with Gasteiger partial charge in [-0.3, -0.25) is 4.79 Å². The number of hydrogen-bond acceptors (Lipinski definition) is 3. The number of carbonyl (C=O) groups excluding carboxylic acids is 1. The van der Waals surface area contributed by atoms with Crippen LogP contribution in [0.25, 0.3) is 0 Å². The van der Waals surface area contributed by atoms with E-state index in [9.17, 15) is 22.0 Å². The number of nitrogens with zero attached hydrogens (tertiary/aromatic N) is 1. The Bertz CT molecular complexity index is 888. The molecule has 1 amide bonds. The van der Waals surface area contributed by atoms with Gasteiger partial charge in [-0.2, -0.15) is 4.31 Å². The molecule has 0 bridgehead atoms. The molecule has 0 saturated heterocycles. The highest BCUT2D eigenvalue weighted by Crippen LogP contribution is 2.09. The zero-order valence-corrected chi connectivity index (χ0v) is 15.8. The highest BCUT2D eigenvalue weighted by Gasteiger charge is 2.20. The maximum Gasteiger partial charge on any atom is 0.235 e. The van der Waals surface area contributed by atoms with Crippen LogP contribution in [-0.4, -0.2) is 44.5 Å². The maximum atomic E-state index is 13.7. The van der Waals surface area contributed by atoms with Crippen molar-refractivity contribution in [2.24, 2.45) is 0 Å². The first-order valence-corrected chi connectivity index (χ1v) is 10.3. The van der Waals surface area contributed by atoms with Gasteiger partial charge in [0.1, 0.15) is 11.6 Å².